The number of hydrogen-bond acceptors (Lipinski definition) is 2. The maximum atomic E-state index is 4.52. The SMILES string of the molecule is CC(CN(C)C)=NC(C)(C)C. The first-order valence-corrected chi connectivity index (χ1v) is 4.01. The molecule has 0 unspecified atom stereocenters. The van der Waals surface area contributed by atoms with Crippen LogP contribution in [0.5, 0.6) is 0 Å². The third kappa shape index (κ3) is 7.53. The van der Waals surface area contributed by atoms with E-state index in [1.807, 2.05) is 0 Å². The monoisotopic (exact) mass is 156 g/mol. The molecule has 0 aliphatic heterocycles. The molecule has 0 saturated heterocycles. The topological polar surface area (TPSA) is 15.6 Å². The summed E-state index contributed by atoms with van der Waals surface area (Å²) < 4.78 is 0. The average Bonchev–Trinajstić information content (AvgIpc) is 1.53. The van der Waals surface area contributed by atoms with Crippen molar-refractivity contribution in [1.29, 1.82) is 0 Å². The predicted octanol–water partition coefficient (Wildman–Crippen LogP) is 1.81. The Kier molecular flexibility index (Phi) is 3.73. The standard InChI is InChI=1S/C9H20N2/c1-8(7-11(5)6)10-9(2,3)4/h7H2,1-6H3. The lowest BCUT2D eigenvalue weighted by Crippen LogP contribution is -2.23. The van der Waals surface area contributed by atoms with E-state index in [0.29, 0.717) is 0 Å². The summed E-state index contributed by atoms with van der Waals surface area (Å²) in [5.74, 6) is 0. The van der Waals surface area contributed by atoms with E-state index in [9.17, 15) is 0 Å². The first kappa shape index (κ1) is 10.6. The lowest BCUT2D eigenvalue weighted by atomic mass is 10.1. The van der Waals surface area contributed by atoms with Gasteiger partial charge >= 0.3 is 0 Å². The van der Waals surface area contributed by atoms with Gasteiger partial charge in [-0.05, 0) is 41.8 Å². The summed E-state index contributed by atoms with van der Waals surface area (Å²) in [6.45, 7) is 9.38. The zero-order chi connectivity index (χ0) is 9.07. The molecule has 2 nitrogen and oxygen atoms in total. The normalized spacial score (nSPS) is 14.3. The molecule has 0 aromatic carbocycles. The van der Waals surface area contributed by atoms with Gasteiger partial charge in [-0.2, -0.15) is 0 Å². The van der Waals surface area contributed by atoms with Crippen LogP contribution < -0.4 is 0 Å². The number of rotatable bonds is 2. The van der Waals surface area contributed by atoms with Crippen LogP contribution in [0.1, 0.15) is 27.7 Å². The molecule has 66 valence electrons. The van der Waals surface area contributed by atoms with Crippen molar-refractivity contribution in [3.05, 3.63) is 0 Å². The molecule has 0 saturated carbocycles. The summed E-state index contributed by atoms with van der Waals surface area (Å²) in [6, 6.07) is 0. The van der Waals surface area contributed by atoms with Gasteiger partial charge in [0.1, 0.15) is 0 Å². The molecule has 0 N–H and O–H groups in total. The largest absolute Gasteiger partial charge is 0.304 e. The van der Waals surface area contributed by atoms with Crippen LogP contribution in [-0.2, 0) is 0 Å². The Morgan fingerprint density at radius 3 is 2.00 bits per heavy atom. The highest BCUT2D eigenvalue weighted by atomic mass is 15.1. The van der Waals surface area contributed by atoms with Crippen molar-refractivity contribution in [2.45, 2.75) is 33.2 Å². The Bertz CT molecular complexity index is 140. The minimum Gasteiger partial charge on any atom is -0.304 e. The molecule has 0 heterocycles. The molecule has 0 aliphatic carbocycles. The molecule has 2 heteroatoms. The van der Waals surface area contributed by atoms with Gasteiger partial charge in [-0.3, -0.25) is 4.99 Å². The first-order chi connectivity index (χ1) is 4.81. The number of aliphatic imine (C=N–C) groups is 1. The van der Waals surface area contributed by atoms with Crippen LogP contribution in [0.15, 0.2) is 4.99 Å². The van der Waals surface area contributed by atoms with Crippen LogP contribution in [0.3, 0.4) is 0 Å². The number of nitrogens with zero attached hydrogens (tertiary/aromatic N) is 2. The lowest BCUT2D eigenvalue weighted by molar-refractivity contribution is 0.464. The Hall–Kier alpha value is -0.370. The average molecular weight is 156 g/mol. The second-order valence-corrected chi connectivity index (χ2v) is 4.26. The molecule has 0 aromatic rings. The van der Waals surface area contributed by atoms with Crippen LogP contribution in [-0.4, -0.2) is 36.8 Å². The Morgan fingerprint density at radius 2 is 1.73 bits per heavy atom. The van der Waals surface area contributed by atoms with E-state index in [4.69, 9.17) is 0 Å². The second kappa shape index (κ2) is 3.86. The van der Waals surface area contributed by atoms with Crippen molar-refractivity contribution in [2.24, 2.45) is 4.99 Å². The summed E-state index contributed by atoms with van der Waals surface area (Å²) in [5, 5.41) is 0. The Morgan fingerprint density at radius 1 is 1.27 bits per heavy atom. The van der Waals surface area contributed by atoms with Crippen molar-refractivity contribution in [3.63, 3.8) is 0 Å². The van der Waals surface area contributed by atoms with Crippen molar-refractivity contribution in [1.82, 2.24) is 4.90 Å². The van der Waals surface area contributed by atoms with Crippen LogP contribution in [0.4, 0.5) is 0 Å². The van der Waals surface area contributed by atoms with Gasteiger partial charge in [0.15, 0.2) is 0 Å². The van der Waals surface area contributed by atoms with E-state index in [2.05, 4.69) is 51.7 Å². The van der Waals surface area contributed by atoms with Gasteiger partial charge in [0, 0.05) is 12.3 Å². The minimum atomic E-state index is 0.0695. The fourth-order valence-corrected chi connectivity index (χ4v) is 1.07. The van der Waals surface area contributed by atoms with Crippen LogP contribution in [0, 0.1) is 0 Å². The molecule has 0 aromatic heterocycles. The molecule has 0 radical (unpaired) electrons. The molecular weight excluding hydrogens is 136 g/mol. The summed E-state index contributed by atoms with van der Waals surface area (Å²) in [7, 11) is 4.11. The molecule has 0 spiro atoms. The maximum Gasteiger partial charge on any atom is 0.0523 e. The highest BCUT2D eigenvalue weighted by molar-refractivity contribution is 5.84. The molecule has 0 fully saturated rings. The van der Waals surface area contributed by atoms with E-state index in [1.165, 1.54) is 5.71 Å². The van der Waals surface area contributed by atoms with Crippen molar-refractivity contribution in [2.75, 3.05) is 20.6 Å². The van der Waals surface area contributed by atoms with E-state index in [0.717, 1.165) is 6.54 Å². The first-order valence-electron chi connectivity index (χ1n) is 4.01. The third-order valence-electron chi connectivity index (χ3n) is 1.07. The van der Waals surface area contributed by atoms with Gasteiger partial charge < -0.3 is 4.90 Å². The van der Waals surface area contributed by atoms with Gasteiger partial charge in [0.2, 0.25) is 0 Å². The van der Waals surface area contributed by atoms with Gasteiger partial charge in [0.05, 0.1) is 5.54 Å². The molecule has 0 atom stereocenters. The zero-order valence-corrected chi connectivity index (χ0v) is 8.60. The fourth-order valence-electron chi connectivity index (χ4n) is 1.07. The van der Waals surface area contributed by atoms with E-state index < -0.39 is 0 Å². The quantitative estimate of drug-likeness (QED) is 0.557. The highest BCUT2D eigenvalue weighted by Crippen LogP contribution is 2.06. The minimum absolute atomic E-state index is 0.0695. The Labute approximate surface area is 70.3 Å². The van der Waals surface area contributed by atoms with E-state index >= 15 is 0 Å². The molecule has 0 aliphatic rings. The highest BCUT2D eigenvalue weighted by Gasteiger charge is 2.07. The predicted molar refractivity (Wildman–Crippen MR) is 51.4 cm³/mol. The summed E-state index contributed by atoms with van der Waals surface area (Å²) in [4.78, 5) is 6.65. The lowest BCUT2D eigenvalue weighted by Gasteiger charge is -2.16. The van der Waals surface area contributed by atoms with E-state index in [1.54, 1.807) is 0 Å². The molecule has 0 amide bonds. The number of hydrogen-bond donors (Lipinski definition) is 0. The van der Waals surface area contributed by atoms with Crippen LogP contribution in [0.25, 0.3) is 0 Å². The van der Waals surface area contributed by atoms with E-state index in [-0.39, 0.29) is 5.54 Å². The van der Waals surface area contributed by atoms with Crippen LogP contribution >= 0.6 is 0 Å². The third-order valence-corrected chi connectivity index (χ3v) is 1.07. The van der Waals surface area contributed by atoms with Crippen molar-refractivity contribution < 1.29 is 0 Å². The van der Waals surface area contributed by atoms with Crippen molar-refractivity contribution >= 4 is 5.71 Å². The van der Waals surface area contributed by atoms with Gasteiger partial charge in [-0.25, -0.2) is 0 Å². The summed E-state index contributed by atoms with van der Waals surface area (Å²) in [5.41, 5.74) is 1.27. The van der Waals surface area contributed by atoms with Gasteiger partial charge in [-0.15, -0.1) is 0 Å². The second-order valence-electron chi connectivity index (χ2n) is 4.26. The molecule has 0 rings (SSSR count). The molecular formula is C9H20N2. The summed E-state index contributed by atoms with van der Waals surface area (Å²) >= 11 is 0. The Balaban J connectivity index is 4.01. The van der Waals surface area contributed by atoms with Crippen molar-refractivity contribution in [3.8, 4) is 0 Å². The molecule has 0 bridgehead atoms. The van der Waals surface area contributed by atoms with Crippen LogP contribution in [0.2, 0.25) is 0 Å². The van der Waals surface area contributed by atoms with Gasteiger partial charge in [0.25, 0.3) is 0 Å². The zero-order valence-electron chi connectivity index (χ0n) is 8.60. The maximum absolute atomic E-state index is 4.52. The van der Waals surface area contributed by atoms with Gasteiger partial charge in [-0.1, -0.05) is 0 Å². The smallest absolute Gasteiger partial charge is 0.0523 e. The summed E-state index contributed by atoms with van der Waals surface area (Å²) in [6.07, 6.45) is 0. The molecule has 11 heavy (non-hydrogen) atoms. The fraction of sp³-hybridized carbons (Fsp3) is 0.889.